The molecule has 0 fully saturated rings. The topological polar surface area (TPSA) is 38.1 Å². The predicted molar refractivity (Wildman–Crippen MR) is 74.2 cm³/mol. The Bertz CT molecular complexity index is 401. The van der Waals surface area contributed by atoms with E-state index in [2.05, 4.69) is 23.8 Å². The molecule has 0 N–H and O–H groups in total. The molecule has 18 heavy (non-hydrogen) atoms. The van der Waals surface area contributed by atoms with Crippen molar-refractivity contribution in [3.63, 3.8) is 0 Å². The third-order valence-electron chi connectivity index (χ3n) is 3.05. The van der Waals surface area contributed by atoms with Crippen molar-refractivity contribution in [2.45, 2.75) is 33.2 Å². The average molecular weight is 272 g/mol. The minimum absolute atomic E-state index is 0.0885. The van der Waals surface area contributed by atoms with Gasteiger partial charge >= 0.3 is 0 Å². The van der Waals surface area contributed by atoms with Crippen LogP contribution in [-0.2, 0) is 6.54 Å². The Morgan fingerprint density at radius 3 is 2.78 bits per heavy atom. The number of Topliss-reactive ketones (excluding diaryl/α,β-unsaturated/α-hetero) is 1. The molecule has 102 valence electrons. The van der Waals surface area contributed by atoms with Gasteiger partial charge in [-0.1, -0.05) is 31.9 Å². The first-order chi connectivity index (χ1) is 8.45. The molecular formula is C13H22ClN3O. The highest BCUT2D eigenvalue weighted by atomic mass is 35.5. The third kappa shape index (κ3) is 4.10. The lowest BCUT2D eigenvalue weighted by atomic mass is 10.0. The summed E-state index contributed by atoms with van der Waals surface area (Å²) < 4.78 is 1.72. The molecule has 0 amide bonds. The van der Waals surface area contributed by atoms with Gasteiger partial charge in [-0.05, 0) is 20.0 Å². The molecule has 1 atom stereocenters. The van der Waals surface area contributed by atoms with Gasteiger partial charge in [-0.15, -0.1) is 0 Å². The second-order valence-corrected chi connectivity index (χ2v) is 5.42. The Hall–Kier alpha value is -0.870. The fourth-order valence-electron chi connectivity index (χ4n) is 1.66. The summed E-state index contributed by atoms with van der Waals surface area (Å²) in [5.41, 5.74) is 0.554. The lowest BCUT2D eigenvalue weighted by Gasteiger charge is -2.13. The quantitative estimate of drug-likeness (QED) is 0.716. The maximum absolute atomic E-state index is 12.2. The standard InChI is InChI=1S/C13H22ClN3O/c1-5-10(2)8-12(18)13-11(14)9-15-17(13)7-6-16(3)4/h9-10H,5-8H2,1-4H3. The Kier molecular flexibility index (Phi) is 5.82. The molecule has 0 radical (unpaired) electrons. The molecule has 0 aliphatic rings. The molecule has 0 aliphatic heterocycles. The maximum atomic E-state index is 12.2. The third-order valence-corrected chi connectivity index (χ3v) is 3.33. The molecule has 1 rings (SSSR count). The van der Waals surface area contributed by atoms with E-state index in [1.165, 1.54) is 0 Å². The summed E-state index contributed by atoms with van der Waals surface area (Å²) in [5, 5.41) is 4.64. The molecular weight excluding hydrogens is 250 g/mol. The van der Waals surface area contributed by atoms with Crippen LogP contribution in [0.3, 0.4) is 0 Å². The summed E-state index contributed by atoms with van der Waals surface area (Å²) in [7, 11) is 3.98. The number of likely N-dealkylation sites (N-methyl/N-ethyl adjacent to an activating group) is 1. The van der Waals surface area contributed by atoms with Gasteiger partial charge in [-0.2, -0.15) is 5.10 Å². The van der Waals surface area contributed by atoms with Crippen molar-refractivity contribution in [1.29, 1.82) is 0 Å². The van der Waals surface area contributed by atoms with Crippen LogP contribution in [0.4, 0.5) is 0 Å². The molecule has 0 saturated carbocycles. The van der Waals surface area contributed by atoms with Crippen molar-refractivity contribution in [3.05, 3.63) is 16.9 Å². The monoisotopic (exact) mass is 271 g/mol. The summed E-state index contributed by atoms with van der Waals surface area (Å²) in [5.74, 6) is 0.469. The summed E-state index contributed by atoms with van der Waals surface area (Å²) in [6.07, 6.45) is 3.08. The van der Waals surface area contributed by atoms with Crippen LogP contribution >= 0.6 is 11.6 Å². The first-order valence-corrected chi connectivity index (χ1v) is 6.72. The first kappa shape index (κ1) is 15.2. The molecule has 1 heterocycles. The highest BCUT2D eigenvalue weighted by molar-refractivity contribution is 6.33. The maximum Gasteiger partial charge on any atom is 0.182 e. The van der Waals surface area contributed by atoms with E-state index in [-0.39, 0.29) is 5.78 Å². The van der Waals surface area contributed by atoms with Crippen LogP contribution in [0.1, 0.15) is 37.2 Å². The number of carbonyl (C=O) groups excluding carboxylic acids is 1. The molecule has 4 nitrogen and oxygen atoms in total. The van der Waals surface area contributed by atoms with Gasteiger partial charge in [0.25, 0.3) is 0 Å². The van der Waals surface area contributed by atoms with Crippen molar-refractivity contribution in [2.75, 3.05) is 20.6 Å². The molecule has 1 aromatic rings. The van der Waals surface area contributed by atoms with Crippen LogP contribution in [0.25, 0.3) is 0 Å². The second kappa shape index (κ2) is 6.90. The van der Waals surface area contributed by atoms with Crippen LogP contribution in [0.5, 0.6) is 0 Å². The Balaban J connectivity index is 2.80. The minimum Gasteiger partial charge on any atom is -0.308 e. The number of ketones is 1. The molecule has 0 spiro atoms. The summed E-state index contributed by atoms with van der Waals surface area (Å²) in [6, 6.07) is 0. The summed E-state index contributed by atoms with van der Waals surface area (Å²) in [6.45, 7) is 5.68. The zero-order valence-electron chi connectivity index (χ0n) is 11.6. The van der Waals surface area contributed by atoms with Gasteiger partial charge in [0.1, 0.15) is 5.69 Å². The van der Waals surface area contributed by atoms with Crippen LogP contribution in [0, 0.1) is 5.92 Å². The lowest BCUT2D eigenvalue weighted by Crippen LogP contribution is -2.22. The zero-order valence-corrected chi connectivity index (χ0v) is 12.4. The van der Waals surface area contributed by atoms with Crippen LogP contribution in [0.2, 0.25) is 5.02 Å². The van der Waals surface area contributed by atoms with Gasteiger partial charge < -0.3 is 4.90 Å². The normalized spacial score (nSPS) is 13.0. The van der Waals surface area contributed by atoms with E-state index >= 15 is 0 Å². The average Bonchev–Trinajstić information content (AvgIpc) is 2.67. The van der Waals surface area contributed by atoms with Crippen molar-refractivity contribution in [3.8, 4) is 0 Å². The van der Waals surface area contributed by atoms with Gasteiger partial charge in [0.15, 0.2) is 5.78 Å². The minimum atomic E-state index is 0.0885. The molecule has 0 saturated heterocycles. The van der Waals surface area contributed by atoms with Gasteiger partial charge in [0.2, 0.25) is 0 Å². The van der Waals surface area contributed by atoms with E-state index < -0.39 is 0 Å². The van der Waals surface area contributed by atoms with Crippen molar-refractivity contribution < 1.29 is 4.79 Å². The summed E-state index contributed by atoms with van der Waals surface area (Å²) >= 11 is 6.06. The molecule has 1 unspecified atom stereocenters. The lowest BCUT2D eigenvalue weighted by molar-refractivity contribution is 0.0952. The van der Waals surface area contributed by atoms with E-state index in [1.54, 1.807) is 10.9 Å². The number of aromatic nitrogens is 2. The second-order valence-electron chi connectivity index (χ2n) is 5.01. The van der Waals surface area contributed by atoms with Crippen molar-refractivity contribution >= 4 is 17.4 Å². The highest BCUT2D eigenvalue weighted by Gasteiger charge is 2.19. The number of hydrogen-bond acceptors (Lipinski definition) is 3. The van der Waals surface area contributed by atoms with Crippen molar-refractivity contribution in [1.82, 2.24) is 14.7 Å². The predicted octanol–water partition coefficient (Wildman–Crippen LogP) is 2.72. The number of hydrogen-bond donors (Lipinski definition) is 0. The number of nitrogens with zero attached hydrogens (tertiary/aromatic N) is 3. The van der Waals surface area contributed by atoms with E-state index in [0.717, 1.165) is 13.0 Å². The van der Waals surface area contributed by atoms with E-state index in [1.807, 2.05) is 14.1 Å². The van der Waals surface area contributed by atoms with Crippen LogP contribution in [-0.4, -0.2) is 41.1 Å². The van der Waals surface area contributed by atoms with Gasteiger partial charge in [0.05, 0.1) is 17.8 Å². The fourth-order valence-corrected chi connectivity index (χ4v) is 1.91. The molecule has 5 heteroatoms. The number of halogens is 1. The zero-order chi connectivity index (χ0) is 13.7. The van der Waals surface area contributed by atoms with Gasteiger partial charge in [-0.3, -0.25) is 9.48 Å². The molecule has 1 aromatic heterocycles. The van der Waals surface area contributed by atoms with E-state index in [4.69, 9.17) is 11.6 Å². The van der Waals surface area contributed by atoms with E-state index in [0.29, 0.717) is 29.6 Å². The number of carbonyl (C=O) groups is 1. The van der Waals surface area contributed by atoms with Crippen LogP contribution in [0.15, 0.2) is 6.20 Å². The SMILES string of the molecule is CCC(C)CC(=O)c1c(Cl)cnn1CCN(C)C. The smallest absolute Gasteiger partial charge is 0.182 e. The first-order valence-electron chi connectivity index (χ1n) is 6.34. The highest BCUT2D eigenvalue weighted by Crippen LogP contribution is 2.20. The van der Waals surface area contributed by atoms with Crippen molar-refractivity contribution in [2.24, 2.45) is 5.92 Å². The Labute approximate surface area is 114 Å². The molecule has 0 aromatic carbocycles. The van der Waals surface area contributed by atoms with Gasteiger partial charge in [0, 0.05) is 13.0 Å². The largest absolute Gasteiger partial charge is 0.308 e. The Morgan fingerprint density at radius 1 is 1.56 bits per heavy atom. The van der Waals surface area contributed by atoms with E-state index in [9.17, 15) is 4.79 Å². The Morgan fingerprint density at radius 2 is 2.22 bits per heavy atom. The fraction of sp³-hybridized carbons (Fsp3) is 0.692. The van der Waals surface area contributed by atoms with Gasteiger partial charge in [-0.25, -0.2) is 0 Å². The summed E-state index contributed by atoms with van der Waals surface area (Å²) in [4.78, 5) is 14.3. The molecule has 0 bridgehead atoms. The molecule has 0 aliphatic carbocycles. The van der Waals surface area contributed by atoms with Crippen LogP contribution < -0.4 is 0 Å². The number of rotatable bonds is 7.